The number of ether oxygens (including phenoxy) is 1. The summed E-state index contributed by atoms with van der Waals surface area (Å²) in [6, 6.07) is 4.75. The fourth-order valence-electron chi connectivity index (χ4n) is 1.70. The highest BCUT2D eigenvalue weighted by atomic mass is 19.4. The van der Waals surface area contributed by atoms with Gasteiger partial charge in [0.2, 0.25) is 11.6 Å². The number of halogens is 7. The summed E-state index contributed by atoms with van der Waals surface area (Å²) in [6.07, 6.45) is -4.97. The molecule has 10 heteroatoms. The van der Waals surface area contributed by atoms with Crippen LogP contribution in [0.2, 0.25) is 0 Å². The number of nitrogens with one attached hydrogen (secondary N) is 1. The average molecular weight is 340 g/mol. The zero-order valence-electron chi connectivity index (χ0n) is 11.0. The number of benzene rings is 1. The molecule has 1 aromatic heterocycles. The molecule has 3 nitrogen and oxygen atoms in total. The molecule has 0 aliphatic rings. The maximum absolute atomic E-state index is 13.4. The molecule has 2 rings (SSSR count). The van der Waals surface area contributed by atoms with Crippen molar-refractivity contribution in [2.45, 2.75) is 12.9 Å². The van der Waals surface area contributed by atoms with Crippen molar-refractivity contribution in [2.24, 2.45) is 0 Å². The summed E-state index contributed by atoms with van der Waals surface area (Å²) in [4.78, 5) is 2.36. The molecule has 0 radical (unpaired) electrons. The van der Waals surface area contributed by atoms with Gasteiger partial charge >= 0.3 is 6.36 Å². The number of rotatable bonds is 4. The minimum Gasteiger partial charge on any atom is -0.405 e. The highest BCUT2D eigenvalue weighted by Crippen LogP contribution is 2.28. The molecule has 23 heavy (non-hydrogen) atoms. The van der Waals surface area contributed by atoms with Crippen LogP contribution in [-0.4, -0.2) is 11.3 Å². The SMILES string of the molecule is Fc1nc(F)c(F)c(NCc2ccccc2OC(F)(F)F)c1F. The van der Waals surface area contributed by atoms with E-state index in [0.717, 1.165) is 6.07 Å². The fourth-order valence-corrected chi connectivity index (χ4v) is 1.70. The lowest BCUT2D eigenvalue weighted by molar-refractivity contribution is -0.274. The number of para-hydroxylation sites is 1. The summed E-state index contributed by atoms with van der Waals surface area (Å²) < 4.78 is 93.2. The highest BCUT2D eigenvalue weighted by Gasteiger charge is 2.32. The van der Waals surface area contributed by atoms with Crippen LogP contribution >= 0.6 is 0 Å². The number of hydrogen-bond donors (Lipinski definition) is 1. The molecule has 0 atom stereocenters. The Morgan fingerprint density at radius 3 is 2.09 bits per heavy atom. The van der Waals surface area contributed by atoms with Crippen molar-refractivity contribution in [1.29, 1.82) is 0 Å². The van der Waals surface area contributed by atoms with Gasteiger partial charge in [0, 0.05) is 12.1 Å². The lowest BCUT2D eigenvalue weighted by Crippen LogP contribution is -2.19. The van der Waals surface area contributed by atoms with E-state index >= 15 is 0 Å². The Kier molecular flexibility index (Phi) is 4.62. The lowest BCUT2D eigenvalue weighted by Gasteiger charge is -2.14. The Labute approximate surface area is 124 Å². The second kappa shape index (κ2) is 6.31. The van der Waals surface area contributed by atoms with E-state index < -0.39 is 47.9 Å². The van der Waals surface area contributed by atoms with Crippen molar-refractivity contribution in [1.82, 2.24) is 4.98 Å². The van der Waals surface area contributed by atoms with Gasteiger partial charge in [0.15, 0.2) is 0 Å². The quantitative estimate of drug-likeness (QED) is 0.671. The van der Waals surface area contributed by atoms with E-state index in [1.54, 1.807) is 0 Å². The Morgan fingerprint density at radius 1 is 0.957 bits per heavy atom. The van der Waals surface area contributed by atoms with Gasteiger partial charge in [-0.3, -0.25) is 0 Å². The van der Waals surface area contributed by atoms with Gasteiger partial charge < -0.3 is 10.1 Å². The van der Waals surface area contributed by atoms with Crippen LogP contribution in [0.4, 0.5) is 36.4 Å². The summed E-state index contributed by atoms with van der Waals surface area (Å²) in [6.45, 7) is -0.580. The van der Waals surface area contributed by atoms with Crippen LogP contribution in [0.15, 0.2) is 24.3 Å². The fraction of sp³-hybridized carbons (Fsp3) is 0.154. The van der Waals surface area contributed by atoms with Gasteiger partial charge in [0.05, 0.1) is 0 Å². The van der Waals surface area contributed by atoms with Crippen molar-refractivity contribution in [3.8, 4) is 5.75 Å². The standard InChI is InChI=1S/C13H7F7N2O/c14-8-10(9(15)12(17)22-11(8)16)21-5-6-3-1-2-4-7(6)23-13(18,19)20/h1-4H,5H2,(H,21,22). The highest BCUT2D eigenvalue weighted by molar-refractivity contribution is 5.47. The first-order valence-electron chi connectivity index (χ1n) is 5.96. The third kappa shape index (κ3) is 4.02. The molecule has 0 unspecified atom stereocenters. The Bertz CT molecular complexity index is 692. The number of hydrogen-bond acceptors (Lipinski definition) is 3. The topological polar surface area (TPSA) is 34.2 Å². The molecular weight excluding hydrogens is 333 g/mol. The maximum Gasteiger partial charge on any atom is 0.573 e. The molecule has 0 fully saturated rings. The van der Waals surface area contributed by atoms with Gasteiger partial charge in [-0.05, 0) is 6.07 Å². The normalized spacial score (nSPS) is 11.4. The van der Waals surface area contributed by atoms with E-state index in [1.165, 1.54) is 18.2 Å². The van der Waals surface area contributed by atoms with Gasteiger partial charge in [-0.25, -0.2) is 0 Å². The van der Waals surface area contributed by atoms with E-state index in [4.69, 9.17) is 0 Å². The number of alkyl halides is 3. The number of pyridine rings is 1. The summed E-state index contributed by atoms with van der Waals surface area (Å²) in [5, 5.41) is 1.99. The first kappa shape index (κ1) is 16.8. The first-order valence-corrected chi connectivity index (χ1v) is 5.96. The number of nitrogens with zero attached hydrogens (tertiary/aromatic N) is 1. The van der Waals surface area contributed by atoms with Crippen LogP contribution < -0.4 is 10.1 Å². The molecule has 1 heterocycles. The first-order chi connectivity index (χ1) is 10.7. The Hall–Kier alpha value is -2.52. The van der Waals surface area contributed by atoms with Gasteiger partial charge in [0.1, 0.15) is 11.4 Å². The van der Waals surface area contributed by atoms with Crippen LogP contribution in [0.25, 0.3) is 0 Å². The predicted molar refractivity (Wildman–Crippen MR) is 64.5 cm³/mol. The molecule has 0 saturated heterocycles. The molecule has 2 aromatic rings. The van der Waals surface area contributed by atoms with Crippen molar-refractivity contribution in [2.75, 3.05) is 5.32 Å². The van der Waals surface area contributed by atoms with Gasteiger partial charge in [-0.2, -0.15) is 22.5 Å². The van der Waals surface area contributed by atoms with Crippen LogP contribution in [-0.2, 0) is 6.54 Å². The molecule has 124 valence electrons. The van der Waals surface area contributed by atoms with Gasteiger partial charge in [-0.1, -0.05) is 18.2 Å². The summed E-state index contributed by atoms with van der Waals surface area (Å²) >= 11 is 0. The van der Waals surface area contributed by atoms with Crippen LogP contribution in [0, 0.1) is 23.5 Å². The van der Waals surface area contributed by atoms with E-state index in [0.29, 0.717) is 0 Å². The zero-order valence-corrected chi connectivity index (χ0v) is 11.0. The van der Waals surface area contributed by atoms with Crippen molar-refractivity contribution in [3.63, 3.8) is 0 Å². The lowest BCUT2D eigenvalue weighted by atomic mass is 10.2. The molecule has 1 aromatic carbocycles. The smallest absolute Gasteiger partial charge is 0.405 e. The molecule has 0 aliphatic heterocycles. The molecule has 1 N–H and O–H groups in total. The largest absolute Gasteiger partial charge is 0.573 e. The summed E-state index contributed by atoms with van der Waals surface area (Å²) in [5.41, 5.74) is -1.32. The Morgan fingerprint density at radius 2 is 1.52 bits per heavy atom. The summed E-state index contributed by atoms with van der Waals surface area (Å²) in [7, 11) is 0. The summed E-state index contributed by atoms with van der Waals surface area (Å²) in [5.74, 6) is -7.97. The van der Waals surface area contributed by atoms with Gasteiger partial charge in [0.25, 0.3) is 11.9 Å². The predicted octanol–water partition coefficient (Wildman–Crippen LogP) is 4.15. The second-order valence-electron chi connectivity index (χ2n) is 4.21. The Balaban J connectivity index is 2.26. The third-order valence-electron chi connectivity index (χ3n) is 2.65. The van der Waals surface area contributed by atoms with Crippen molar-refractivity contribution < 1.29 is 35.5 Å². The second-order valence-corrected chi connectivity index (χ2v) is 4.21. The molecule has 0 aliphatic carbocycles. The number of anilines is 1. The third-order valence-corrected chi connectivity index (χ3v) is 2.65. The molecule has 0 spiro atoms. The van der Waals surface area contributed by atoms with Crippen LogP contribution in [0.1, 0.15) is 5.56 Å². The van der Waals surface area contributed by atoms with Crippen LogP contribution in [0.3, 0.4) is 0 Å². The van der Waals surface area contributed by atoms with E-state index in [-0.39, 0.29) is 5.56 Å². The van der Waals surface area contributed by atoms with Crippen molar-refractivity contribution >= 4 is 5.69 Å². The van der Waals surface area contributed by atoms with E-state index in [9.17, 15) is 30.7 Å². The minimum atomic E-state index is -4.97. The molecule has 0 amide bonds. The minimum absolute atomic E-state index is 0.138. The molecular formula is C13H7F7N2O. The monoisotopic (exact) mass is 340 g/mol. The molecule has 0 bridgehead atoms. The zero-order chi connectivity index (χ0) is 17.2. The number of aromatic nitrogens is 1. The van der Waals surface area contributed by atoms with E-state index in [2.05, 4.69) is 9.72 Å². The van der Waals surface area contributed by atoms with E-state index in [1.807, 2.05) is 5.32 Å². The van der Waals surface area contributed by atoms with Crippen molar-refractivity contribution in [3.05, 3.63) is 53.4 Å². The van der Waals surface area contributed by atoms with Gasteiger partial charge in [-0.15, -0.1) is 13.2 Å². The molecule has 0 saturated carbocycles. The average Bonchev–Trinajstić information content (AvgIpc) is 2.45. The maximum atomic E-state index is 13.4. The van der Waals surface area contributed by atoms with Crippen LogP contribution in [0.5, 0.6) is 5.75 Å².